The topological polar surface area (TPSA) is 3.24 Å². The van der Waals surface area contributed by atoms with Crippen LogP contribution in [-0.4, -0.2) is 4.61 Å². The fraction of sp³-hybridized carbons (Fsp3) is 0.0952. The van der Waals surface area contributed by atoms with Crippen LogP contribution in [0.1, 0.15) is 16.7 Å². The molecule has 135 valence electrons. The van der Waals surface area contributed by atoms with Crippen LogP contribution in [0.2, 0.25) is 0 Å². The zero-order valence-corrected chi connectivity index (χ0v) is 19.5. The van der Waals surface area contributed by atoms with Crippen molar-refractivity contribution in [1.82, 2.24) is 0 Å². The molecule has 0 aliphatic heterocycles. The summed E-state index contributed by atoms with van der Waals surface area (Å²) in [5.74, 6) is 0. The molecule has 0 radical (unpaired) electrons. The number of anilines is 1. The predicted molar refractivity (Wildman–Crippen MR) is 116 cm³/mol. The monoisotopic (exact) mass is 578 g/mol. The van der Waals surface area contributed by atoms with E-state index in [4.69, 9.17) is 9.69 Å². The van der Waals surface area contributed by atoms with E-state index in [1.54, 1.807) is 0 Å². The van der Waals surface area contributed by atoms with Crippen LogP contribution in [0.25, 0.3) is 0 Å². The number of benzene rings is 3. The van der Waals surface area contributed by atoms with Gasteiger partial charge in [0.2, 0.25) is 0 Å². The van der Waals surface area contributed by atoms with E-state index in [2.05, 4.69) is 114 Å². The van der Waals surface area contributed by atoms with Gasteiger partial charge in [-0.3, -0.25) is 0 Å². The van der Waals surface area contributed by atoms with Crippen molar-refractivity contribution in [3.8, 4) is 0 Å². The first-order chi connectivity index (χ1) is 12.7. The number of nitrogens with zero attached hydrogens (tertiary/aromatic N) is 1. The van der Waals surface area contributed by atoms with Crippen molar-refractivity contribution in [2.45, 2.75) is 13.1 Å². The summed E-state index contributed by atoms with van der Waals surface area (Å²) in [5, 5.41) is 0. The van der Waals surface area contributed by atoms with Crippen molar-refractivity contribution >= 4 is 51.8 Å². The zero-order valence-electron chi connectivity index (χ0n) is 13.9. The Bertz CT molecular complexity index is 879. The van der Waals surface area contributed by atoms with Gasteiger partial charge in [-0.05, 0) is 0 Å². The summed E-state index contributed by atoms with van der Waals surface area (Å²) in [6.07, 6.45) is 0. The third kappa shape index (κ3) is 5.60. The van der Waals surface area contributed by atoms with Crippen LogP contribution in [0.5, 0.6) is 0 Å². The Morgan fingerprint density at radius 3 is 2.08 bits per heavy atom. The molecular weight excluding hydrogens is 563 g/mol. The van der Waals surface area contributed by atoms with E-state index in [-0.39, 0.29) is 15.7 Å². The van der Waals surface area contributed by atoms with Crippen molar-refractivity contribution in [1.29, 1.82) is 0 Å². The fourth-order valence-electron chi connectivity index (χ4n) is 2.73. The Balaban J connectivity index is 1.92. The van der Waals surface area contributed by atoms with Gasteiger partial charge in [0.05, 0.1) is 0 Å². The van der Waals surface area contributed by atoms with E-state index < -0.39 is 0 Å². The van der Waals surface area contributed by atoms with Gasteiger partial charge >= 0.3 is 184 Å². The number of rotatable bonds is 6. The van der Waals surface area contributed by atoms with E-state index in [0.717, 1.165) is 22.0 Å². The molecule has 0 bridgehead atoms. The van der Waals surface area contributed by atoms with Gasteiger partial charge < -0.3 is 0 Å². The molecule has 0 spiro atoms. The second kappa shape index (κ2) is 9.94. The quantitative estimate of drug-likeness (QED) is 0.290. The molecule has 0 aliphatic rings. The molecule has 0 N–H and O–H groups in total. The van der Waals surface area contributed by atoms with Crippen LogP contribution in [0, 0.1) is 0 Å². The molecule has 1 nitrogen and oxygen atoms in total. The molecule has 0 saturated carbocycles. The number of hydrogen-bond donors (Lipinski definition) is 0. The molecule has 5 heteroatoms. The van der Waals surface area contributed by atoms with Gasteiger partial charge in [0.15, 0.2) is 0 Å². The summed E-state index contributed by atoms with van der Waals surface area (Å²) >= 11 is 6.80. The van der Waals surface area contributed by atoms with Gasteiger partial charge in [-0.25, -0.2) is 0 Å². The summed E-state index contributed by atoms with van der Waals surface area (Å²) in [6, 6.07) is 25.5. The van der Waals surface area contributed by atoms with Gasteiger partial charge in [-0.1, -0.05) is 0 Å². The summed E-state index contributed by atoms with van der Waals surface area (Å²) in [7, 11) is 6.03. The second-order valence-electron chi connectivity index (χ2n) is 5.84. The Morgan fingerprint density at radius 2 is 1.42 bits per heavy atom. The van der Waals surface area contributed by atoms with Crippen LogP contribution < -0.4 is 4.90 Å². The van der Waals surface area contributed by atoms with Gasteiger partial charge in [0.25, 0.3) is 0 Å². The first-order valence-corrected chi connectivity index (χ1v) is 12.9. The Kier molecular flexibility index (Phi) is 7.63. The molecule has 3 rings (SSSR count). The average Bonchev–Trinajstić information content (AvgIpc) is 2.65. The minimum atomic E-state index is -0.241. The predicted octanol–water partition coefficient (Wildman–Crippen LogP) is 6.81. The summed E-state index contributed by atoms with van der Waals surface area (Å²) in [4.78, 5) is 2.40. The first kappa shape index (κ1) is 20.0. The maximum absolute atomic E-state index is 6.03. The minimum absolute atomic E-state index is 0.241. The zero-order chi connectivity index (χ0) is 18.4. The Morgan fingerprint density at radius 1 is 0.808 bits per heavy atom. The van der Waals surface area contributed by atoms with Gasteiger partial charge in [0.1, 0.15) is 0 Å². The average molecular weight is 580 g/mol. The molecule has 0 heterocycles. The van der Waals surface area contributed by atoms with Crippen LogP contribution in [-0.2, 0) is 28.8 Å². The van der Waals surface area contributed by atoms with Crippen molar-refractivity contribution in [2.75, 3.05) is 4.90 Å². The van der Waals surface area contributed by atoms with Gasteiger partial charge in [-0.15, -0.1) is 0 Å². The molecule has 26 heavy (non-hydrogen) atoms. The summed E-state index contributed by atoms with van der Waals surface area (Å²) < 4.78 is 4.34. The van der Waals surface area contributed by atoms with E-state index in [9.17, 15) is 0 Å². The molecule has 0 atom stereocenters. The maximum atomic E-state index is 6.03. The normalized spacial score (nSPS) is 11.3. The first-order valence-electron chi connectivity index (χ1n) is 8.04. The second-order valence-corrected chi connectivity index (χ2v) is 9.46. The molecule has 0 fully saturated rings. The van der Waals surface area contributed by atoms with Crippen molar-refractivity contribution in [3.05, 3.63) is 98.4 Å². The van der Waals surface area contributed by atoms with Crippen LogP contribution >= 0.6 is 41.6 Å². The number of halogens is 3. The summed E-state index contributed by atoms with van der Waals surface area (Å²) in [6.45, 7) is 1.68. The van der Waals surface area contributed by atoms with Crippen LogP contribution in [0.3, 0.4) is 0 Å². The molecule has 0 aromatic heterocycles. The molecule has 0 unspecified atom stereocenters. The van der Waals surface area contributed by atoms with Crippen molar-refractivity contribution in [3.63, 3.8) is 0 Å². The Hall–Kier alpha value is -0.797. The molecule has 3 aromatic rings. The standard InChI is InChI=1S/C21H17Br2N.ClH.Ru/c1-16-4-2-3-5-18(16)15-24(21-12-10-20(23)11-13-21)14-17-6-8-19(22)9-7-17;;/h1-13H,14-15H2;1H;/q;;+1/p-1. The van der Waals surface area contributed by atoms with E-state index in [0.29, 0.717) is 0 Å². The van der Waals surface area contributed by atoms with Crippen molar-refractivity contribution in [2.24, 2.45) is 0 Å². The molecule has 0 saturated heterocycles. The number of hydrogen-bond acceptors (Lipinski definition) is 1. The van der Waals surface area contributed by atoms with Crippen LogP contribution in [0.4, 0.5) is 5.69 Å². The summed E-state index contributed by atoms with van der Waals surface area (Å²) in [5.41, 5.74) is 5.01. The Labute approximate surface area is 182 Å². The fourth-order valence-corrected chi connectivity index (χ4v) is 4.44. The third-order valence-corrected chi connectivity index (χ3v) is 6.29. The van der Waals surface area contributed by atoms with Gasteiger partial charge in [0, 0.05) is 0 Å². The third-order valence-electron chi connectivity index (χ3n) is 4.04. The molecule has 0 aliphatic carbocycles. The van der Waals surface area contributed by atoms with Crippen LogP contribution in [0.15, 0.2) is 81.7 Å². The van der Waals surface area contributed by atoms with E-state index in [1.807, 2.05) is 0 Å². The SMILES string of the molecule is [Cl][Ru]=[CH]c1ccccc1CN(Cc1ccc(Br)cc1)c1ccc(Br)cc1. The van der Waals surface area contributed by atoms with E-state index in [1.165, 1.54) is 22.4 Å². The molecule has 3 aromatic carbocycles. The molecule has 0 amide bonds. The van der Waals surface area contributed by atoms with E-state index >= 15 is 0 Å². The molecular formula is C21H17Br2ClNRu. The van der Waals surface area contributed by atoms with Gasteiger partial charge in [-0.2, -0.15) is 0 Å². The van der Waals surface area contributed by atoms with Crippen molar-refractivity contribution < 1.29 is 15.7 Å².